The van der Waals surface area contributed by atoms with E-state index < -0.39 is 0 Å². The van der Waals surface area contributed by atoms with Crippen LogP contribution < -0.4 is 0 Å². The molecule has 0 aromatic heterocycles. The molecule has 0 unspecified atom stereocenters. The maximum absolute atomic E-state index is 4.90. The quantitative estimate of drug-likeness (QED) is 0.520. The number of nitrogens with zero attached hydrogens (tertiary/aromatic N) is 1. The van der Waals surface area contributed by atoms with Crippen molar-refractivity contribution in [3.63, 3.8) is 0 Å². The van der Waals surface area contributed by atoms with Crippen LogP contribution in [0.4, 0.5) is 0 Å². The van der Waals surface area contributed by atoms with Crippen LogP contribution in [0.15, 0.2) is 0 Å². The molecule has 0 aromatic carbocycles. The second-order valence-corrected chi connectivity index (χ2v) is 1.52. The van der Waals surface area contributed by atoms with Gasteiger partial charge < -0.3 is 4.74 Å². The van der Waals surface area contributed by atoms with Crippen LogP contribution in [0.5, 0.6) is 0 Å². The third-order valence-corrected chi connectivity index (χ3v) is 0.452. The molecular formula is C5H12NO. The van der Waals surface area contributed by atoms with E-state index in [0.29, 0.717) is 0 Å². The van der Waals surface area contributed by atoms with Crippen LogP contribution in [0.1, 0.15) is 6.92 Å². The molecule has 1 radical (unpaired) electrons. The van der Waals surface area contributed by atoms with E-state index in [1.54, 1.807) is 6.73 Å². The smallest absolute Gasteiger partial charge is 0.150 e. The molecule has 0 saturated carbocycles. The standard InChI is InChI=1S/C5H12NO/c1-4-7-5-6(2)3/h5H,4H2,1-3H3. The van der Waals surface area contributed by atoms with E-state index in [2.05, 4.69) is 0 Å². The van der Waals surface area contributed by atoms with Crippen LogP contribution in [-0.2, 0) is 4.74 Å². The van der Waals surface area contributed by atoms with E-state index in [9.17, 15) is 0 Å². The van der Waals surface area contributed by atoms with Crippen molar-refractivity contribution in [3.8, 4) is 0 Å². The molecule has 0 atom stereocenters. The first-order valence-corrected chi connectivity index (χ1v) is 2.38. The topological polar surface area (TPSA) is 12.5 Å². The van der Waals surface area contributed by atoms with Crippen LogP contribution in [0, 0.1) is 6.73 Å². The molecule has 2 heteroatoms. The van der Waals surface area contributed by atoms with Gasteiger partial charge in [-0.25, -0.2) is 0 Å². The average molecular weight is 102 g/mol. The summed E-state index contributed by atoms with van der Waals surface area (Å²) in [5.41, 5.74) is 0. The minimum absolute atomic E-state index is 0.748. The van der Waals surface area contributed by atoms with Gasteiger partial charge in [-0.2, -0.15) is 0 Å². The summed E-state index contributed by atoms with van der Waals surface area (Å²) in [6, 6.07) is 0. The van der Waals surface area contributed by atoms with E-state index in [1.165, 1.54) is 0 Å². The molecule has 0 fully saturated rings. The summed E-state index contributed by atoms with van der Waals surface area (Å²) in [6.07, 6.45) is 0. The van der Waals surface area contributed by atoms with Crippen LogP contribution in [0.3, 0.4) is 0 Å². The Morgan fingerprint density at radius 2 is 2.14 bits per heavy atom. The molecule has 0 rings (SSSR count). The van der Waals surface area contributed by atoms with Gasteiger partial charge in [0.15, 0.2) is 0 Å². The lowest BCUT2D eigenvalue weighted by Crippen LogP contribution is -2.09. The van der Waals surface area contributed by atoms with Gasteiger partial charge in [-0.1, -0.05) is 0 Å². The zero-order chi connectivity index (χ0) is 5.70. The van der Waals surface area contributed by atoms with Crippen LogP contribution in [0.25, 0.3) is 0 Å². The number of hydrogen-bond acceptors (Lipinski definition) is 2. The number of ether oxygens (including phenoxy) is 1. The van der Waals surface area contributed by atoms with Crippen molar-refractivity contribution in [2.24, 2.45) is 0 Å². The zero-order valence-electron chi connectivity index (χ0n) is 5.14. The Labute approximate surface area is 45.1 Å². The SMILES string of the molecule is CCO[CH]N(C)C. The number of rotatable bonds is 3. The molecular weight excluding hydrogens is 90.1 g/mol. The summed E-state index contributed by atoms with van der Waals surface area (Å²) < 4.78 is 4.90. The normalized spacial score (nSPS) is 10.3. The van der Waals surface area contributed by atoms with Gasteiger partial charge >= 0.3 is 0 Å². The van der Waals surface area contributed by atoms with Crippen LogP contribution in [-0.4, -0.2) is 25.6 Å². The van der Waals surface area contributed by atoms with E-state index in [1.807, 2.05) is 25.9 Å². The van der Waals surface area contributed by atoms with Gasteiger partial charge in [-0.05, 0) is 21.0 Å². The van der Waals surface area contributed by atoms with E-state index in [4.69, 9.17) is 4.74 Å². The summed E-state index contributed by atoms with van der Waals surface area (Å²) in [6.45, 7) is 4.39. The van der Waals surface area contributed by atoms with Crippen molar-refractivity contribution in [2.45, 2.75) is 6.92 Å². The van der Waals surface area contributed by atoms with Gasteiger partial charge in [0, 0.05) is 6.61 Å². The van der Waals surface area contributed by atoms with Crippen molar-refractivity contribution in [2.75, 3.05) is 20.7 Å². The van der Waals surface area contributed by atoms with Gasteiger partial charge in [-0.3, -0.25) is 4.90 Å². The van der Waals surface area contributed by atoms with E-state index in [0.717, 1.165) is 6.61 Å². The molecule has 0 aromatic rings. The molecule has 0 amide bonds. The van der Waals surface area contributed by atoms with Crippen molar-refractivity contribution in [1.29, 1.82) is 0 Å². The Morgan fingerprint density at radius 1 is 1.57 bits per heavy atom. The summed E-state index contributed by atoms with van der Waals surface area (Å²) >= 11 is 0. The Balaban J connectivity index is 2.68. The first-order chi connectivity index (χ1) is 3.27. The van der Waals surface area contributed by atoms with Gasteiger partial charge in [0.05, 0.1) is 0 Å². The molecule has 2 nitrogen and oxygen atoms in total. The fourth-order valence-electron chi connectivity index (χ4n) is 0.224. The monoisotopic (exact) mass is 102 g/mol. The van der Waals surface area contributed by atoms with Gasteiger partial charge in [0.1, 0.15) is 6.73 Å². The lowest BCUT2D eigenvalue weighted by atomic mass is 10.8. The summed E-state index contributed by atoms with van der Waals surface area (Å²) in [4.78, 5) is 1.86. The lowest BCUT2D eigenvalue weighted by Gasteiger charge is -2.05. The third kappa shape index (κ3) is 5.92. The average Bonchev–Trinajstić information content (AvgIpc) is 1.61. The molecule has 0 aliphatic rings. The fraction of sp³-hybridized carbons (Fsp3) is 0.800. The first-order valence-electron chi connectivity index (χ1n) is 2.38. The maximum Gasteiger partial charge on any atom is 0.150 e. The van der Waals surface area contributed by atoms with Crippen LogP contribution >= 0.6 is 0 Å². The predicted octanol–water partition coefficient (Wildman–Crippen LogP) is 0.704. The second-order valence-electron chi connectivity index (χ2n) is 1.52. The number of hydrogen-bond donors (Lipinski definition) is 0. The molecule has 0 heterocycles. The van der Waals surface area contributed by atoms with E-state index >= 15 is 0 Å². The minimum Gasteiger partial charge on any atom is -0.359 e. The Hall–Kier alpha value is -0.0800. The molecule has 0 aliphatic carbocycles. The van der Waals surface area contributed by atoms with Gasteiger partial charge in [-0.15, -0.1) is 0 Å². The summed E-state index contributed by atoms with van der Waals surface area (Å²) in [7, 11) is 3.85. The lowest BCUT2D eigenvalue weighted by molar-refractivity contribution is 0.139. The molecule has 0 N–H and O–H groups in total. The third-order valence-electron chi connectivity index (χ3n) is 0.452. The van der Waals surface area contributed by atoms with Crippen molar-refractivity contribution in [1.82, 2.24) is 4.90 Å². The van der Waals surface area contributed by atoms with Crippen molar-refractivity contribution in [3.05, 3.63) is 6.73 Å². The minimum atomic E-state index is 0.748. The van der Waals surface area contributed by atoms with Crippen LogP contribution in [0.2, 0.25) is 0 Å². The van der Waals surface area contributed by atoms with E-state index in [-0.39, 0.29) is 0 Å². The molecule has 0 bridgehead atoms. The Bertz CT molecular complexity index is 37.1. The molecule has 0 saturated heterocycles. The predicted molar refractivity (Wildman–Crippen MR) is 29.6 cm³/mol. The van der Waals surface area contributed by atoms with Crippen molar-refractivity contribution >= 4 is 0 Å². The highest BCUT2D eigenvalue weighted by Crippen LogP contribution is 1.82. The molecule has 0 aliphatic heterocycles. The zero-order valence-corrected chi connectivity index (χ0v) is 5.14. The Kier molecular flexibility index (Phi) is 4.04. The van der Waals surface area contributed by atoms with Crippen molar-refractivity contribution < 1.29 is 4.74 Å². The molecule has 43 valence electrons. The fourth-order valence-corrected chi connectivity index (χ4v) is 0.224. The highest BCUT2D eigenvalue weighted by molar-refractivity contribution is 4.40. The van der Waals surface area contributed by atoms with Gasteiger partial charge in [0.25, 0.3) is 0 Å². The van der Waals surface area contributed by atoms with Gasteiger partial charge in [0.2, 0.25) is 0 Å². The Morgan fingerprint density at radius 3 is 2.29 bits per heavy atom. The highest BCUT2D eigenvalue weighted by Gasteiger charge is 1.84. The maximum atomic E-state index is 4.90. The molecule has 0 spiro atoms. The molecule has 7 heavy (non-hydrogen) atoms. The highest BCUT2D eigenvalue weighted by atomic mass is 16.5. The largest absolute Gasteiger partial charge is 0.359 e. The second kappa shape index (κ2) is 4.09. The first kappa shape index (κ1) is 6.92. The summed E-state index contributed by atoms with van der Waals surface area (Å²) in [5.74, 6) is 0. The summed E-state index contributed by atoms with van der Waals surface area (Å²) in [5, 5.41) is 0.